The molecule has 0 aromatic carbocycles. The van der Waals surface area contributed by atoms with Crippen molar-refractivity contribution in [3.05, 3.63) is 24.2 Å². The van der Waals surface area contributed by atoms with Crippen molar-refractivity contribution in [2.24, 2.45) is 10.4 Å². The van der Waals surface area contributed by atoms with Crippen molar-refractivity contribution in [2.45, 2.75) is 64.3 Å². The van der Waals surface area contributed by atoms with E-state index >= 15 is 0 Å². The lowest BCUT2D eigenvalue weighted by Gasteiger charge is -2.19. The number of nitrogens with zero attached hydrogens (tertiary/aromatic N) is 1. The van der Waals surface area contributed by atoms with Gasteiger partial charge in [-0.2, -0.15) is 0 Å². The van der Waals surface area contributed by atoms with Crippen molar-refractivity contribution in [3.63, 3.8) is 0 Å². The van der Waals surface area contributed by atoms with Gasteiger partial charge in [-0.25, -0.2) is 0 Å². The topological polar surface area (TPSA) is 58.8 Å². The molecule has 0 radical (unpaired) electrons. The molecule has 3 rings (SSSR count). The maximum absolute atomic E-state index is 5.54. The molecule has 25 heavy (non-hydrogen) atoms. The number of guanidine groups is 1. The summed E-state index contributed by atoms with van der Waals surface area (Å²) in [5.74, 6) is 1.99. The minimum atomic E-state index is 0.389. The van der Waals surface area contributed by atoms with Gasteiger partial charge in [-0.15, -0.1) is 0 Å². The molecule has 0 aliphatic heterocycles. The number of furan rings is 1. The summed E-state index contributed by atoms with van der Waals surface area (Å²) in [4.78, 5) is 4.93. The fraction of sp³-hybridized carbons (Fsp3) is 0.750. The van der Waals surface area contributed by atoms with Crippen LogP contribution >= 0.6 is 0 Å². The molecule has 5 heteroatoms. The molecular formula is C20H33N3O2. The first-order valence-corrected chi connectivity index (χ1v) is 9.95. The molecule has 0 bridgehead atoms. The zero-order chi connectivity index (χ0) is 17.4. The van der Waals surface area contributed by atoms with Crippen LogP contribution in [-0.4, -0.2) is 38.3 Å². The Bertz CT molecular complexity index is 517. The highest BCUT2D eigenvalue weighted by molar-refractivity contribution is 5.80. The lowest BCUT2D eigenvalue weighted by molar-refractivity contribution is 0.129. The summed E-state index contributed by atoms with van der Waals surface area (Å²) < 4.78 is 11.0. The Hall–Kier alpha value is -1.49. The molecule has 1 aromatic heterocycles. The monoisotopic (exact) mass is 347 g/mol. The zero-order valence-corrected chi connectivity index (χ0v) is 15.6. The highest BCUT2D eigenvalue weighted by atomic mass is 16.5. The van der Waals surface area contributed by atoms with E-state index in [0.29, 0.717) is 11.5 Å². The van der Waals surface area contributed by atoms with Gasteiger partial charge < -0.3 is 19.8 Å². The van der Waals surface area contributed by atoms with Gasteiger partial charge >= 0.3 is 0 Å². The summed E-state index contributed by atoms with van der Waals surface area (Å²) in [6, 6.07) is 4.54. The van der Waals surface area contributed by atoms with Crippen LogP contribution in [0.15, 0.2) is 27.8 Å². The van der Waals surface area contributed by atoms with E-state index in [2.05, 4.69) is 17.6 Å². The third-order valence-corrected chi connectivity index (χ3v) is 5.45. The van der Waals surface area contributed by atoms with Crippen molar-refractivity contribution in [2.75, 3.05) is 26.3 Å². The number of hydrogen-bond acceptors (Lipinski definition) is 3. The van der Waals surface area contributed by atoms with E-state index in [1.54, 1.807) is 6.26 Å². The molecule has 5 nitrogen and oxygen atoms in total. The highest BCUT2D eigenvalue weighted by Gasteiger charge is 2.41. The quantitative estimate of drug-likeness (QED) is 0.386. The second-order valence-electron chi connectivity index (χ2n) is 7.49. The molecule has 1 heterocycles. The van der Waals surface area contributed by atoms with Crippen LogP contribution in [0.25, 0.3) is 0 Å². The number of aliphatic imine (C=N–C) groups is 1. The maximum Gasteiger partial charge on any atom is 0.191 e. The second-order valence-corrected chi connectivity index (χ2v) is 7.49. The summed E-state index contributed by atoms with van der Waals surface area (Å²) in [5.41, 5.74) is 0.389. The molecule has 0 amide bonds. The van der Waals surface area contributed by atoms with Crippen LogP contribution in [0.3, 0.4) is 0 Å². The first-order chi connectivity index (χ1) is 12.3. The SMILES string of the molecule is CCOCCC1(CN=C(NCCc2ccco2)NC2CCCC2)CC1. The molecule has 2 aliphatic carbocycles. The van der Waals surface area contributed by atoms with Gasteiger partial charge in [0.1, 0.15) is 5.76 Å². The molecular weight excluding hydrogens is 314 g/mol. The summed E-state index contributed by atoms with van der Waals surface area (Å²) >= 11 is 0. The Morgan fingerprint density at radius 1 is 1.36 bits per heavy atom. The van der Waals surface area contributed by atoms with E-state index in [9.17, 15) is 0 Å². The van der Waals surface area contributed by atoms with Crippen molar-refractivity contribution < 1.29 is 9.15 Å². The fourth-order valence-corrected chi connectivity index (χ4v) is 3.52. The molecule has 0 unspecified atom stereocenters. The van der Waals surface area contributed by atoms with Crippen LogP contribution in [0, 0.1) is 5.41 Å². The van der Waals surface area contributed by atoms with Crippen LogP contribution in [0.1, 0.15) is 57.6 Å². The van der Waals surface area contributed by atoms with Gasteiger partial charge in [-0.05, 0) is 56.6 Å². The molecule has 0 atom stereocenters. The van der Waals surface area contributed by atoms with Crippen LogP contribution in [-0.2, 0) is 11.2 Å². The highest BCUT2D eigenvalue weighted by Crippen LogP contribution is 2.49. The first kappa shape index (κ1) is 18.3. The third-order valence-electron chi connectivity index (χ3n) is 5.45. The smallest absolute Gasteiger partial charge is 0.191 e. The van der Waals surface area contributed by atoms with E-state index in [1.165, 1.54) is 38.5 Å². The van der Waals surface area contributed by atoms with Gasteiger partial charge in [0.05, 0.1) is 6.26 Å². The fourth-order valence-electron chi connectivity index (χ4n) is 3.52. The minimum Gasteiger partial charge on any atom is -0.469 e. The van der Waals surface area contributed by atoms with Crippen LogP contribution in [0.2, 0.25) is 0 Å². The minimum absolute atomic E-state index is 0.389. The number of hydrogen-bond donors (Lipinski definition) is 2. The molecule has 140 valence electrons. The number of ether oxygens (including phenoxy) is 1. The average molecular weight is 348 g/mol. The van der Waals surface area contributed by atoms with Gasteiger partial charge in [-0.3, -0.25) is 4.99 Å². The molecule has 2 aliphatic rings. The zero-order valence-electron chi connectivity index (χ0n) is 15.6. The van der Waals surface area contributed by atoms with Gasteiger partial charge in [0, 0.05) is 38.8 Å². The molecule has 2 fully saturated rings. The number of nitrogens with one attached hydrogen (secondary N) is 2. The van der Waals surface area contributed by atoms with Crippen molar-refractivity contribution >= 4 is 5.96 Å². The Labute approximate surface area is 151 Å². The van der Waals surface area contributed by atoms with Gasteiger partial charge in [-0.1, -0.05) is 12.8 Å². The molecule has 0 saturated heterocycles. The summed E-state index contributed by atoms with van der Waals surface area (Å²) in [6.45, 7) is 5.48. The molecule has 2 saturated carbocycles. The summed E-state index contributed by atoms with van der Waals surface area (Å²) in [6.07, 6.45) is 11.5. The van der Waals surface area contributed by atoms with E-state index in [0.717, 1.165) is 50.9 Å². The molecule has 0 spiro atoms. The lowest BCUT2D eigenvalue weighted by atomic mass is 10.0. The van der Waals surface area contributed by atoms with Gasteiger partial charge in [0.15, 0.2) is 5.96 Å². The van der Waals surface area contributed by atoms with Crippen molar-refractivity contribution in [1.82, 2.24) is 10.6 Å². The van der Waals surface area contributed by atoms with Crippen molar-refractivity contribution in [1.29, 1.82) is 0 Å². The molecule has 2 N–H and O–H groups in total. The van der Waals surface area contributed by atoms with Crippen LogP contribution in [0.5, 0.6) is 0 Å². The third kappa shape index (κ3) is 6.07. The van der Waals surface area contributed by atoms with Gasteiger partial charge in [0.25, 0.3) is 0 Å². The number of rotatable bonds is 10. The van der Waals surface area contributed by atoms with Crippen molar-refractivity contribution in [3.8, 4) is 0 Å². The van der Waals surface area contributed by atoms with E-state index in [4.69, 9.17) is 14.1 Å². The Balaban J connectivity index is 1.49. The predicted molar refractivity (Wildman–Crippen MR) is 101 cm³/mol. The normalized spacial score (nSPS) is 20.0. The van der Waals surface area contributed by atoms with Crippen LogP contribution in [0.4, 0.5) is 0 Å². The largest absolute Gasteiger partial charge is 0.469 e. The molecule has 1 aromatic rings. The second kappa shape index (κ2) is 9.27. The predicted octanol–water partition coefficient (Wildman–Crippen LogP) is 3.51. The van der Waals surface area contributed by atoms with E-state index in [1.807, 2.05) is 12.1 Å². The van der Waals surface area contributed by atoms with E-state index in [-0.39, 0.29) is 0 Å². The standard InChI is InChI=1S/C20H33N3O2/c1-2-24-15-12-20(10-11-20)16-22-19(23-17-6-3-4-7-17)21-13-9-18-8-5-14-25-18/h5,8,14,17H,2-4,6-7,9-13,15-16H2,1H3,(H2,21,22,23). The van der Waals surface area contributed by atoms with Crippen LogP contribution < -0.4 is 10.6 Å². The maximum atomic E-state index is 5.54. The average Bonchev–Trinajstić information content (AvgIpc) is 3.02. The summed E-state index contributed by atoms with van der Waals surface area (Å²) in [7, 11) is 0. The lowest BCUT2D eigenvalue weighted by Crippen LogP contribution is -2.43. The Morgan fingerprint density at radius 3 is 2.88 bits per heavy atom. The van der Waals surface area contributed by atoms with E-state index < -0.39 is 0 Å². The Morgan fingerprint density at radius 2 is 2.20 bits per heavy atom. The summed E-state index contributed by atoms with van der Waals surface area (Å²) in [5, 5.41) is 7.14. The first-order valence-electron chi connectivity index (χ1n) is 9.95. The van der Waals surface area contributed by atoms with Gasteiger partial charge in [0.2, 0.25) is 0 Å². The Kier molecular flexibility index (Phi) is 6.79.